The number of nitrogens with zero attached hydrogens (tertiary/aromatic N) is 2. The molecule has 2 aliphatic heterocycles. The lowest BCUT2D eigenvalue weighted by Crippen LogP contribution is -2.55. The van der Waals surface area contributed by atoms with Crippen LogP contribution < -0.4 is 38.1 Å². The van der Waals surface area contributed by atoms with Crippen molar-refractivity contribution in [2.24, 2.45) is 23.7 Å². The van der Waals surface area contributed by atoms with E-state index in [-0.39, 0.29) is 44.6 Å². The highest BCUT2D eigenvalue weighted by atomic mass is 32.2. The van der Waals surface area contributed by atoms with Crippen LogP contribution in [-0.4, -0.2) is 85.3 Å². The molecule has 16 nitrogen and oxygen atoms in total. The van der Waals surface area contributed by atoms with Gasteiger partial charge in [-0.15, -0.1) is 0 Å². The molecule has 15 aromatic carbocycles. The van der Waals surface area contributed by atoms with Crippen molar-refractivity contribution in [3.63, 3.8) is 0 Å². The monoisotopic (exact) mass is 1840 g/mol. The van der Waals surface area contributed by atoms with E-state index in [2.05, 4.69) is 201 Å². The van der Waals surface area contributed by atoms with Crippen LogP contribution in [0.15, 0.2) is 392 Å². The molecule has 4 saturated carbocycles. The van der Waals surface area contributed by atoms with E-state index in [1.807, 2.05) is 67.6 Å². The maximum absolute atomic E-state index is 14.1. The molecule has 686 valence electrons. The molecule has 1 saturated heterocycles. The Kier molecular flexibility index (Phi) is 24.0. The van der Waals surface area contributed by atoms with E-state index in [4.69, 9.17) is 33.2 Å². The van der Waals surface area contributed by atoms with Gasteiger partial charge in [-0.3, -0.25) is 28.9 Å². The highest BCUT2D eigenvalue weighted by Crippen LogP contribution is 2.67. The van der Waals surface area contributed by atoms with E-state index in [1.54, 1.807) is 126 Å². The first-order chi connectivity index (χ1) is 67.1. The number of aryl methyl sites for hydroxylation is 2. The number of fused-ring (bicyclic) bond motifs is 8. The molecule has 2 atom stereocenters. The van der Waals surface area contributed by atoms with Crippen molar-refractivity contribution in [3.05, 3.63) is 471 Å². The molecule has 0 aromatic heterocycles. The fourth-order valence-electron chi connectivity index (χ4n) is 22.9. The number of allylic oxidation sites excluding steroid dienone is 1. The Bertz CT molecular complexity index is 7160. The van der Waals surface area contributed by atoms with Crippen molar-refractivity contribution in [3.8, 4) is 68.2 Å². The highest BCUT2D eigenvalue weighted by molar-refractivity contribution is 7.91. The lowest BCUT2D eigenvalue weighted by atomic mass is 9.42. The smallest absolute Gasteiger partial charge is 0.261 e. The van der Waals surface area contributed by atoms with E-state index in [9.17, 15) is 32.4 Å². The summed E-state index contributed by atoms with van der Waals surface area (Å²) in [5, 5.41) is 0. The van der Waals surface area contributed by atoms with Gasteiger partial charge in [-0.05, 0) is 317 Å². The third-order valence-electron chi connectivity index (χ3n) is 29.1. The number of carbonyl (C=O) groups excluding carboxylic acids is 5. The molecule has 5 fully saturated rings. The number of rotatable bonds is 20. The molecule has 0 spiro atoms. The van der Waals surface area contributed by atoms with Gasteiger partial charge in [-0.25, -0.2) is 13.3 Å². The molecule has 4 bridgehead atoms. The van der Waals surface area contributed by atoms with Crippen molar-refractivity contribution in [1.82, 2.24) is 4.90 Å². The Morgan fingerprint density at radius 1 is 0.341 bits per heavy atom. The van der Waals surface area contributed by atoms with Gasteiger partial charge in [-0.1, -0.05) is 223 Å². The number of hydrogen-bond donors (Lipinski definition) is 0. The standard InChI is InChI=1S/C60H43NO7S.C27H22O2.C24H28O2.C10H9NO3/c1-38-11-15-40(16-12-38)57(62)41-17-25-45(26-18-41)67-46-27-32-49(33-28-46)69(65,66)50-34-29-47(30-35-50)68-48-31-36-53-54(37-48)59(64)61(58(53)63)44-23-21-43(22-24-44)60(42-19-13-39(2)14-20-42)55-9-5-3-7-51(55)52-8-4-6-10-56(52)60;1-28-21-15-11-19(12-16-21)27(20-13-17-22(29-2)18-14-20)25-9-5-3-7-23(25)24-8-4-6-10-26(24)27;1-25-21-7-3-19(4-8-21)23-12-17-11-18(13-23)15-24(14-17,16-23)20-5-9-22(26-2)10-6-20;1-11-9(12)7-4-3-6(14-2)5-8(7)10(11)13/h3-37,53-54H,1-2H3;3-18H,1-2H3;3-10,17-18H,11-16H2,1-2H3;3-5H,1-2H3/t53-,54?;;;/m0.../s1. The first kappa shape index (κ1) is 90.1. The van der Waals surface area contributed by atoms with Crippen LogP contribution in [0.25, 0.3) is 22.3 Å². The highest BCUT2D eigenvalue weighted by Gasteiger charge is 2.59. The van der Waals surface area contributed by atoms with Crippen LogP contribution in [0.2, 0.25) is 0 Å². The van der Waals surface area contributed by atoms with Gasteiger partial charge in [0, 0.05) is 18.2 Å². The predicted octanol–water partition coefficient (Wildman–Crippen LogP) is 24.6. The molecule has 1 unspecified atom stereocenters. The Balaban J connectivity index is 0.000000137. The second kappa shape index (κ2) is 36.8. The molecule has 2 heterocycles. The summed E-state index contributed by atoms with van der Waals surface area (Å²) in [5.74, 6) is 4.87. The quantitative estimate of drug-likeness (QED) is 0.0517. The second-order valence-corrected chi connectivity index (χ2v) is 38.9. The first-order valence-corrected chi connectivity index (χ1v) is 48.0. The average Bonchev–Trinajstić information content (AvgIpc) is 1.33. The molecule has 15 aromatic rings. The van der Waals surface area contributed by atoms with Crippen molar-refractivity contribution in [1.29, 1.82) is 0 Å². The van der Waals surface area contributed by atoms with Gasteiger partial charge in [0.2, 0.25) is 21.7 Å². The number of carbonyl (C=O) groups is 5. The Labute approximate surface area is 804 Å². The van der Waals surface area contributed by atoms with Gasteiger partial charge < -0.3 is 33.2 Å². The number of methoxy groups -OCH3 is 5. The van der Waals surface area contributed by atoms with Gasteiger partial charge in [-0.2, -0.15) is 0 Å². The van der Waals surface area contributed by atoms with Crippen LogP contribution in [0.5, 0.6) is 46.0 Å². The second-order valence-electron chi connectivity index (χ2n) is 37.0. The summed E-state index contributed by atoms with van der Waals surface area (Å²) < 4.78 is 66.0. The molecular formula is C121H102N2O14S. The summed E-state index contributed by atoms with van der Waals surface area (Å²) in [5.41, 5.74) is 22.0. The molecule has 0 radical (unpaired) electrons. The summed E-state index contributed by atoms with van der Waals surface area (Å²) in [4.78, 5) is 66.4. The number of imide groups is 2. The summed E-state index contributed by atoms with van der Waals surface area (Å²) >= 11 is 0. The third-order valence-corrected chi connectivity index (χ3v) is 30.9. The molecular weight excluding hydrogens is 1740 g/mol. The minimum absolute atomic E-state index is 0.0648. The van der Waals surface area contributed by atoms with Crippen molar-refractivity contribution in [2.75, 3.05) is 47.5 Å². The molecule has 0 N–H and O–H groups in total. The largest absolute Gasteiger partial charge is 0.497 e. The predicted molar refractivity (Wildman–Crippen MR) is 536 cm³/mol. The summed E-state index contributed by atoms with van der Waals surface area (Å²) in [6, 6.07) is 117. The summed E-state index contributed by atoms with van der Waals surface area (Å²) in [7, 11) is 5.99. The maximum Gasteiger partial charge on any atom is 0.261 e. The normalized spacial score (nSPS) is 19.1. The zero-order valence-corrected chi connectivity index (χ0v) is 78.7. The number of ether oxygens (including phenoxy) is 7. The van der Waals surface area contributed by atoms with E-state index >= 15 is 0 Å². The van der Waals surface area contributed by atoms with Crippen molar-refractivity contribution < 1.29 is 65.5 Å². The van der Waals surface area contributed by atoms with E-state index < -0.39 is 27.1 Å². The van der Waals surface area contributed by atoms with Gasteiger partial charge >= 0.3 is 0 Å². The molecule has 9 aliphatic rings. The number of anilines is 1. The summed E-state index contributed by atoms with van der Waals surface area (Å²) in [6.07, 6.45) is 13.2. The van der Waals surface area contributed by atoms with Crippen LogP contribution in [0.3, 0.4) is 0 Å². The fraction of sp³-hybridized carbons (Fsp3) is 0.182. The Morgan fingerprint density at radius 2 is 0.667 bits per heavy atom. The average molecular weight is 1840 g/mol. The van der Waals surface area contributed by atoms with Crippen LogP contribution >= 0.6 is 0 Å². The van der Waals surface area contributed by atoms with Crippen LogP contribution in [0.1, 0.15) is 142 Å². The first-order valence-electron chi connectivity index (χ1n) is 46.5. The van der Waals surface area contributed by atoms with Crippen LogP contribution in [0, 0.1) is 37.5 Å². The SMILES string of the molecule is COc1ccc(C2(c3ccc(OC)cc3)c3ccccc3-c3ccccc32)cc1.COc1ccc(C23CC4CC(C2)CC(c2ccc(OC)cc2)(C4)C3)cc1.COc1ccc2c(c1)C(=O)N(C)C2=O.Cc1ccc(C(=O)c2ccc(Oc3ccc(S(=O)(=O)c4ccc(OC5=CC6C(=O)N(c7ccc(C8(c9ccc(C)cc9)c9ccccc9-c9ccccc98)cc7)C(=O)[C@H]6C=C5)cc4)cc3)cc2)cc1. The maximum atomic E-state index is 14.1. The third kappa shape index (κ3) is 16.1. The lowest BCUT2D eigenvalue weighted by Gasteiger charge is -2.62. The molecule has 7 aliphatic carbocycles. The number of benzene rings is 15. The van der Waals surface area contributed by atoms with E-state index in [1.165, 1.54) is 149 Å². The molecule has 138 heavy (non-hydrogen) atoms. The fourth-order valence-corrected chi connectivity index (χ4v) is 24.1. The van der Waals surface area contributed by atoms with Crippen molar-refractivity contribution >= 4 is 44.9 Å². The number of ketones is 1. The van der Waals surface area contributed by atoms with Crippen LogP contribution in [0.4, 0.5) is 5.69 Å². The number of hydrogen-bond acceptors (Lipinski definition) is 14. The number of amides is 4. The van der Waals surface area contributed by atoms with Gasteiger partial charge in [0.25, 0.3) is 11.8 Å². The van der Waals surface area contributed by atoms with E-state index in [0.717, 1.165) is 62.0 Å². The molecule has 4 amide bonds. The van der Waals surface area contributed by atoms with Gasteiger partial charge in [0.15, 0.2) is 5.78 Å². The minimum atomic E-state index is -3.90. The van der Waals surface area contributed by atoms with Crippen LogP contribution in [-0.2, 0) is 41.1 Å². The molecule has 17 heteroatoms. The topological polar surface area (TPSA) is 191 Å². The summed E-state index contributed by atoms with van der Waals surface area (Å²) in [6.45, 7) is 4.05. The lowest BCUT2D eigenvalue weighted by molar-refractivity contribution is -0.122. The molecule has 24 rings (SSSR count). The number of sulfone groups is 1. The van der Waals surface area contributed by atoms with Crippen molar-refractivity contribution in [2.45, 2.75) is 83.8 Å². The zero-order chi connectivity index (χ0) is 95.4. The minimum Gasteiger partial charge on any atom is -0.497 e. The Morgan fingerprint density at radius 3 is 1.07 bits per heavy atom. The van der Waals surface area contributed by atoms with Gasteiger partial charge in [0.1, 0.15) is 51.8 Å². The van der Waals surface area contributed by atoms with E-state index in [0.29, 0.717) is 67.5 Å². The van der Waals surface area contributed by atoms with Gasteiger partial charge in [0.05, 0.1) is 84.8 Å². The Hall–Kier alpha value is -15.7. The zero-order valence-electron chi connectivity index (χ0n) is 77.9.